The van der Waals surface area contributed by atoms with Gasteiger partial charge in [0.25, 0.3) is 0 Å². The van der Waals surface area contributed by atoms with Gasteiger partial charge in [-0.2, -0.15) is 0 Å². The zero-order chi connectivity index (χ0) is 17.0. The molecule has 3 heterocycles. The first-order valence-corrected chi connectivity index (χ1v) is 9.40. The summed E-state index contributed by atoms with van der Waals surface area (Å²) in [6.45, 7) is 0.773. The normalized spacial score (nSPS) is 27.9. The van der Waals surface area contributed by atoms with Gasteiger partial charge in [-0.3, -0.25) is 9.69 Å². The molecule has 1 aromatic heterocycles. The highest BCUT2D eigenvalue weighted by atomic mass is 35.5. The molecule has 5 heteroatoms. The zero-order valence-corrected chi connectivity index (χ0v) is 15.5. The SMILES string of the molecule is CN(C)C(=O)CCn1c2c(c3c1=CCC(Cl)C=3)C1CCC(C2)N1C. The Morgan fingerprint density at radius 2 is 2.17 bits per heavy atom. The van der Waals surface area contributed by atoms with Gasteiger partial charge in [-0.25, -0.2) is 0 Å². The van der Waals surface area contributed by atoms with E-state index < -0.39 is 0 Å². The van der Waals surface area contributed by atoms with E-state index in [4.69, 9.17) is 11.6 Å². The summed E-state index contributed by atoms with van der Waals surface area (Å²) >= 11 is 6.43. The van der Waals surface area contributed by atoms with E-state index in [-0.39, 0.29) is 11.3 Å². The van der Waals surface area contributed by atoms with Gasteiger partial charge in [0.1, 0.15) is 0 Å². The fourth-order valence-electron chi connectivity index (χ4n) is 4.71. The summed E-state index contributed by atoms with van der Waals surface area (Å²) in [5, 5.41) is 2.72. The summed E-state index contributed by atoms with van der Waals surface area (Å²) in [5.74, 6) is 0.192. The number of nitrogens with zero attached hydrogens (tertiary/aromatic N) is 3. The van der Waals surface area contributed by atoms with Crippen molar-refractivity contribution < 1.29 is 4.79 Å². The van der Waals surface area contributed by atoms with E-state index in [2.05, 4.69) is 28.7 Å². The minimum absolute atomic E-state index is 0.0882. The fraction of sp³-hybridized carbons (Fsp3) is 0.632. The smallest absolute Gasteiger partial charge is 0.223 e. The summed E-state index contributed by atoms with van der Waals surface area (Å²) in [6.07, 6.45) is 9.57. The summed E-state index contributed by atoms with van der Waals surface area (Å²) in [5.41, 5.74) is 2.94. The van der Waals surface area contributed by atoms with Crippen LogP contribution in [-0.4, -0.2) is 52.8 Å². The van der Waals surface area contributed by atoms with Crippen LogP contribution in [0.4, 0.5) is 0 Å². The van der Waals surface area contributed by atoms with E-state index in [1.807, 2.05) is 14.1 Å². The third-order valence-corrected chi connectivity index (χ3v) is 6.33. The van der Waals surface area contributed by atoms with Crippen molar-refractivity contribution in [2.24, 2.45) is 0 Å². The molecular formula is C19H26ClN3O. The molecule has 1 aliphatic carbocycles. The Labute approximate surface area is 148 Å². The second kappa shape index (κ2) is 5.92. The average molecular weight is 348 g/mol. The molecule has 130 valence electrons. The summed E-state index contributed by atoms with van der Waals surface area (Å²) in [6, 6.07) is 1.17. The molecule has 2 bridgehead atoms. The maximum absolute atomic E-state index is 12.1. The Balaban J connectivity index is 1.81. The van der Waals surface area contributed by atoms with Gasteiger partial charge in [0.15, 0.2) is 0 Å². The van der Waals surface area contributed by atoms with Gasteiger partial charge in [-0.15, -0.1) is 11.6 Å². The molecule has 1 amide bonds. The predicted octanol–water partition coefficient (Wildman–Crippen LogP) is 1.23. The average Bonchev–Trinajstić information content (AvgIpc) is 2.95. The van der Waals surface area contributed by atoms with Crippen molar-refractivity contribution in [3.63, 3.8) is 0 Å². The first-order valence-electron chi connectivity index (χ1n) is 8.97. The number of carbonyl (C=O) groups excluding carboxylic acids is 1. The number of hydrogen-bond acceptors (Lipinski definition) is 2. The molecule has 3 unspecified atom stereocenters. The standard InChI is InChI=1S/C19H26ClN3O/c1-21(2)18(24)8-9-23-15-6-4-12(20)10-14(15)19-16-7-5-13(22(16)3)11-17(19)23/h6,10,12-13,16H,4-5,7-9,11H2,1-3H3. The molecule has 0 saturated carbocycles. The summed E-state index contributed by atoms with van der Waals surface area (Å²) < 4.78 is 2.42. The van der Waals surface area contributed by atoms with Crippen LogP contribution in [0.1, 0.15) is 43.0 Å². The topological polar surface area (TPSA) is 28.5 Å². The van der Waals surface area contributed by atoms with E-state index in [1.54, 1.807) is 4.90 Å². The van der Waals surface area contributed by atoms with Crippen molar-refractivity contribution in [3.05, 3.63) is 21.8 Å². The first kappa shape index (κ1) is 16.2. The molecule has 3 atom stereocenters. The van der Waals surface area contributed by atoms with Crippen molar-refractivity contribution >= 4 is 29.7 Å². The van der Waals surface area contributed by atoms with Gasteiger partial charge in [0.2, 0.25) is 5.91 Å². The van der Waals surface area contributed by atoms with E-state index in [0.29, 0.717) is 18.5 Å². The Morgan fingerprint density at radius 1 is 1.38 bits per heavy atom. The van der Waals surface area contributed by atoms with Crippen molar-refractivity contribution in [2.75, 3.05) is 21.1 Å². The number of aromatic nitrogens is 1. The number of carbonyl (C=O) groups is 1. The van der Waals surface area contributed by atoms with Crippen LogP contribution in [-0.2, 0) is 17.8 Å². The Morgan fingerprint density at radius 3 is 2.92 bits per heavy atom. The molecule has 1 saturated heterocycles. The number of rotatable bonds is 3. The minimum atomic E-state index is 0.0882. The van der Waals surface area contributed by atoms with Crippen LogP contribution in [0.2, 0.25) is 0 Å². The maximum Gasteiger partial charge on any atom is 0.223 e. The summed E-state index contributed by atoms with van der Waals surface area (Å²) in [7, 11) is 5.92. The van der Waals surface area contributed by atoms with Gasteiger partial charge in [-0.1, -0.05) is 12.2 Å². The number of hydrogen-bond donors (Lipinski definition) is 0. The van der Waals surface area contributed by atoms with E-state index in [9.17, 15) is 4.79 Å². The lowest BCUT2D eigenvalue weighted by Crippen LogP contribution is -2.37. The second-order valence-corrected chi connectivity index (χ2v) is 8.15. The third kappa shape index (κ3) is 2.42. The van der Waals surface area contributed by atoms with Crippen LogP contribution in [0.5, 0.6) is 0 Å². The largest absolute Gasteiger partial charge is 0.349 e. The van der Waals surface area contributed by atoms with Crippen molar-refractivity contribution in [3.8, 4) is 0 Å². The first-order chi connectivity index (χ1) is 11.5. The van der Waals surface area contributed by atoms with Crippen LogP contribution in [0.15, 0.2) is 0 Å². The molecule has 0 radical (unpaired) electrons. The summed E-state index contributed by atoms with van der Waals surface area (Å²) in [4.78, 5) is 16.3. The minimum Gasteiger partial charge on any atom is -0.349 e. The van der Waals surface area contributed by atoms with Crippen molar-refractivity contribution in [1.82, 2.24) is 14.4 Å². The van der Waals surface area contributed by atoms with Gasteiger partial charge >= 0.3 is 0 Å². The monoisotopic (exact) mass is 347 g/mol. The van der Waals surface area contributed by atoms with E-state index in [1.165, 1.54) is 34.7 Å². The van der Waals surface area contributed by atoms with Crippen LogP contribution in [0.3, 0.4) is 0 Å². The van der Waals surface area contributed by atoms with Crippen LogP contribution in [0.25, 0.3) is 12.2 Å². The van der Waals surface area contributed by atoms with Gasteiger partial charge in [-0.05, 0) is 31.9 Å². The third-order valence-electron chi connectivity index (χ3n) is 6.03. The Bertz CT molecular complexity index is 795. The van der Waals surface area contributed by atoms with Crippen LogP contribution >= 0.6 is 11.6 Å². The fourth-order valence-corrected chi connectivity index (χ4v) is 4.92. The second-order valence-electron chi connectivity index (χ2n) is 7.59. The van der Waals surface area contributed by atoms with Crippen molar-refractivity contribution in [2.45, 2.75) is 56.1 Å². The maximum atomic E-state index is 12.1. The number of amides is 1. The Hall–Kier alpha value is -1.26. The highest BCUT2D eigenvalue weighted by molar-refractivity contribution is 6.24. The lowest BCUT2D eigenvalue weighted by atomic mass is 9.97. The van der Waals surface area contributed by atoms with E-state index >= 15 is 0 Å². The number of halogens is 1. The molecular weight excluding hydrogens is 322 g/mol. The molecule has 0 spiro atoms. The lowest BCUT2D eigenvalue weighted by molar-refractivity contribution is -0.128. The molecule has 3 aliphatic rings. The van der Waals surface area contributed by atoms with Gasteiger partial charge < -0.3 is 9.47 Å². The lowest BCUT2D eigenvalue weighted by Gasteiger charge is -2.32. The Kier molecular flexibility index (Phi) is 4.00. The number of fused-ring (bicyclic) bond motifs is 6. The zero-order valence-electron chi connectivity index (χ0n) is 14.8. The number of likely N-dealkylation sites (N-methyl/N-ethyl adjacent to an activating group) is 1. The molecule has 1 aromatic rings. The highest BCUT2D eigenvalue weighted by Gasteiger charge is 2.40. The quantitative estimate of drug-likeness (QED) is 0.769. The van der Waals surface area contributed by atoms with Gasteiger partial charge in [0, 0.05) is 61.8 Å². The predicted molar refractivity (Wildman–Crippen MR) is 97.4 cm³/mol. The molecule has 4 rings (SSSR count). The molecule has 24 heavy (non-hydrogen) atoms. The molecule has 1 fully saturated rings. The van der Waals surface area contributed by atoms with E-state index in [0.717, 1.165) is 19.4 Å². The van der Waals surface area contributed by atoms with Crippen LogP contribution in [0, 0.1) is 0 Å². The van der Waals surface area contributed by atoms with Crippen LogP contribution < -0.4 is 10.6 Å². The van der Waals surface area contributed by atoms with Crippen molar-refractivity contribution in [1.29, 1.82) is 0 Å². The van der Waals surface area contributed by atoms with Gasteiger partial charge in [0.05, 0.1) is 5.38 Å². The number of alkyl halides is 1. The molecule has 2 aliphatic heterocycles. The molecule has 0 N–H and O–H groups in total. The molecule has 4 nitrogen and oxygen atoms in total. The highest BCUT2D eigenvalue weighted by Crippen LogP contribution is 2.41. The molecule has 0 aromatic carbocycles.